The lowest BCUT2D eigenvalue weighted by Gasteiger charge is -2.25. The third kappa shape index (κ3) is 1.85. The molecule has 5 heteroatoms. The third-order valence-electron chi connectivity index (χ3n) is 2.83. The van der Waals surface area contributed by atoms with Crippen LogP contribution in [0, 0.1) is 0 Å². The highest BCUT2D eigenvalue weighted by atomic mass is 16.7. The molecule has 0 N–H and O–H groups in total. The maximum atomic E-state index is 12.0. The number of fused-ring (bicyclic) bond motifs is 1. The smallest absolute Gasteiger partial charge is 0.342 e. The fourth-order valence-electron chi connectivity index (χ4n) is 1.90. The van der Waals surface area contributed by atoms with Crippen LogP contribution in [0.5, 0.6) is 0 Å². The first-order chi connectivity index (χ1) is 9.10. The maximum absolute atomic E-state index is 12.0. The van der Waals surface area contributed by atoms with Gasteiger partial charge < -0.3 is 9.47 Å². The molecule has 2 aliphatic rings. The lowest BCUT2D eigenvalue weighted by molar-refractivity contribution is -0.115. The number of esters is 2. The van der Waals surface area contributed by atoms with E-state index in [1.54, 1.807) is 12.1 Å². The standard InChI is InChI=1S/C14H8O5/c15-9-5-7-14(8-6-9)18-12(16)10-3-1-2-4-11(10)13(17)19-14/h1-8H. The van der Waals surface area contributed by atoms with Crippen molar-refractivity contribution in [3.05, 3.63) is 59.7 Å². The highest BCUT2D eigenvalue weighted by Gasteiger charge is 2.40. The highest BCUT2D eigenvalue weighted by molar-refractivity contribution is 6.05. The van der Waals surface area contributed by atoms with Gasteiger partial charge in [-0.1, -0.05) is 12.1 Å². The molecule has 0 amide bonds. The number of ether oxygens (including phenoxy) is 2. The van der Waals surface area contributed by atoms with E-state index in [0.29, 0.717) is 0 Å². The zero-order valence-corrected chi connectivity index (χ0v) is 9.66. The Balaban J connectivity index is 2.07. The molecule has 0 bridgehead atoms. The summed E-state index contributed by atoms with van der Waals surface area (Å²) in [6.07, 6.45) is 4.88. The van der Waals surface area contributed by atoms with Crippen LogP contribution in [0.3, 0.4) is 0 Å². The Kier molecular flexibility index (Phi) is 2.35. The monoisotopic (exact) mass is 256 g/mol. The van der Waals surface area contributed by atoms with E-state index >= 15 is 0 Å². The second kappa shape index (κ2) is 3.91. The van der Waals surface area contributed by atoms with Crippen LogP contribution in [-0.2, 0) is 14.3 Å². The molecule has 1 aliphatic heterocycles. The van der Waals surface area contributed by atoms with E-state index < -0.39 is 17.7 Å². The fraction of sp³-hybridized carbons (Fsp3) is 0.0714. The lowest BCUT2D eigenvalue weighted by atomic mass is 10.1. The Morgan fingerprint density at radius 1 is 0.789 bits per heavy atom. The van der Waals surface area contributed by atoms with Gasteiger partial charge in [-0.25, -0.2) is 9.59 Å². The number of hydrogen-bond donors (Lipinski definition) is 0. The van der Waals surface area contributed by atoms with Gasteiger partial charge in [0.2, 0.25) is 0 Å². The number of carbonyl (C=O) groups is 3. The zero-order valence-electron chi connectivity index (χ0n) is 9.66. The SMILES string of the molecule is O=C1C=CC2(C=C1)OC(=O)c1ccccc1C(=O)O2. The molecule has 0 saturated heterocycles. The van der Waals surface area contributed by atoms with Gasteiger partial charge in [-0.3, -0.25) is 4.79 Å². The van der Waals surface area contributed by atoms with Gasteiger partial charge in [0.1, 0.15) is 0 Å². The fourth-order valence-corrected chi connectivity index (χ4v) is 1.90. The molecule has 5 nitrogen and oxygen atoms in total. The Morgan fingerprint density at radius 3 is 1.74 bits per heavy atom. The zero-order chi connectivity index (χ0) is 13.5. The second-order valence-corrected chi connectivity index (χ2v) is 4.12. The van der Waals surface area contributed by atoms with Crippen molar-refractivity contribution in [1.29, 1.82) is 0 Å². The summed E-state index contributed by atoms with van der Waals surface area (Å²) >= 11 is 0. The largest absolute Gasteiger partial charge is 0.411 e. The van der Waals surface area contributed by atoms with Crippen molar-refractivity contribution >= 4 is 17.7 Å². The van der Waals surface area contributed by atoms with E-state index in [1.165, 1.54) is 36.4 Å². The topological polar surface area (TPSA) is 69.7 Å². The van der Waals surface area contributed by atoms with Gasteiger partial charge in [-0.2, -0.15) is 0 Å². The molecule has 1 aromatic rings. The van der Waals surface area contributed by atoms with Crippen LogP contribution < -0.4 is 0 Å². The van der Waals surface area contributed by atoms with Crippen LogP contribution in [-0.4, -0.2) is 23.5 Å². The molecule has 0 saturated carbocycles. The van der Waals surface area contributed by atoms with Gasteiger partial charge in [0.15, 0.2) is 5.78 Å². The van der Waals surface area contributed by atoms with E-state index in [2.05, 4.69) is 0 Å². The van der Waals surface area contributed by atoms with E-state index in [4.69, 9.17) is 9.47 Å². The number of rotatable bonds is 0. The molecule has 19 heavy (non-hydrogen) atoms. The average molecular weight is 256 g/mol. The van der Waals surface area contributed by atoms with Crippen LogP contribution in [0.15, 0.2) is 48.6 Å². The quantitative estimate of drug-likeness (QED) is 0.656. The summed E-state index contributed by atoms with van der Waals surface area (Å²) in [4.78, 5) is 35.1. The predicted molar refractivity (Wildman–Crippen MR) is 63.3 cm³/mol. The number of allylic oxidation sites excluding steroid dienone is 2. The molecule has 0 radical (unpaired) electrons. The summed E-state index contributed by atoms with van der Waals surface area (Å²) in [6.45, 7) is 0. The van der Waals surface area contributed by atoms with Gasteiger partial charge in [0, 0.05) is 12.2 Å². The minimum atomic E-state index is -1.64. The van der Waals surface area contributed by atoms with Crippen molar-refractivity contribution in [3.63, 3.8) is 0 Å². The molecular weight excluding hydrogens is 248 g/mol. The van der Waals surface area contributed by atoms with Gasteiger partial charge in [0.05, 0.1) is 11.1 Å². The van der Waals surface area contributed by atoms with E-state index in [-0.39, 0.29) is 16.9 Å². The van der Waals surface area contributed by atoms with Gasteiger partial charge in [0.25, 0.3) is 5.79 Å². The van der Waals surface area contributed by atoms with Crippen LogP contribution in [0.1, 0.15) is 20.7 Å². The second-order valence-electron chi connectivity index (χ2n) is 4.12. The summed E-state index contributed by atoms with van der Waals surface area (Å²) in [6, 6.07) is 6.22. The highest BCUT2D eigenvalue weighted by Crippen LogP contribution is 2.28. The Morgan fingerprint density at radius 2 is 1.26 bits per heavy atom. The predicted octanol–water partition coefficient (Wildman–Crippen LogP) is 1.41. The van der Waals surface area contributed by atoms with E-state index in [1.807, 2.05) is 0 Å². The summed E-state index contributed by atoms with van der Waals surface area (Å²) in [5.41, 5.74) is 0.283. The third-order valence-corrected chi connectivity index (χ3v) is 2.83. The minimum Gasteiger partial charge on any atom is -0.411 e. The normalized spacial score (nSPS) is 19.7. The number of carbonyl (C=O) groups excluding carboxylic acids is 3. The van der Waals surface area contributed by atoms with Crippen LogP contribution >= 0.6 is 0 Å². The first kappa shape index (κ1) is 11.4. The van der Waals surface area contributed by atoms with Gasteiger partial charge >= 0.3 is 11.9 Å². The summed E-state index contributed by atoms with van der Waals surface area (Å²) in [5.74, 6) is -3.25. The van der Waals surface area contributed by atoms with Crippen molar-refractivity contribution in [2.45, 2.75) is 5.79 Å². The molecular formula is C14H8O5. The summed E-state index contributed by atoms with van der Waals surface area (Å²) in [7, 11) is 0. The van der Waals surface area contributed by atoms with Crippen molar-refractivity contribution in [1.82, 2.24) is 0 Å². The Labute approximate surface area is 108 Å². The first-order valence-electron chi connectivity index (χ1n) is 5.58. The molecule has 0 atom stereocenters. The van der Waals surface area contributed by atoms with Gasteiger partial charge in [-0.05, 0) is 24.3 Å². The average Bonchev–Trinajstić information content (AvgIpc) is 2.51. The van der Waals surface area contributed by atoms with Gasteiger partial charge in [-0.15, -0.1) is 0 Å². The number of benzene rings is 1. The Bertz CT molecular complexity index is 599. The molecule has 1 aromatic carbocycles. The van der Waals surface area contributed by atoms with Crippen LogP contribution in [0.25, 0.3) is 0 Å². The first-order valence-corrected chi connectivity index (χ1v) is 5.58. The van der Waals surface area contributed by atoms with E-state index in [0.717, 1.165) is 0 Å². The number of ketones is 1. The Hall–Kier alpha value is -2.69. The molecule has 0 unspecified atom stereocenters. The minimum absolute atomic E-state index is 0.142. The van der Waals surface area contributed by atoms with Crippen LogP contribution in [0.4, 0.5) is 0 Å². The van der Waals surface area contributed by atoms with Crippen molar-refractivity contribution in [2.75, 3.05) is 0 Å². The molecule has 3 rings (SSSR count). The molecule has 1 spiro atoms. The molecule has 1 heterocycles. The molecule has 0 fully saturated rings. The molecule has 94 valence electrons. The number of hydrogen-bond acceptors (Lipinski definition) is 5. The van der Waals surface area contributed by atoms with Crippen molar-refractivity contribution in [3.8, 4) is 0 Å². The lowest BCUT2D eigenvalue weighted by Crippen LogP contribution is -2.35. The molecule has 1 aliphatic carbocycles. The van der Waals surface area contributed by atoms with Crippen LogP contribution in [0.2, 0.25) is 0 Å². The van der Waals surface area contributed by atoms with Crippen molar-refractivity contribution < 1.29 is 23.9 Å². The molecule has 0 aromatic heterocycles. The maximum Gasteiger partial charge on any atom is 0.342 e. The van der Waals surface area contributed by atoms with E-state index in [9.17, 15) is 14.4 Å². The van der Waals surface area contributed by atoms with Crippen molar-refractivity contribution in [2.24, 2.45) is 0 Å². The summed E-state index contributed by atoms with van der Waals surface area (Å²) < 4.78 is 10.4. The summed E-state index contributed by atoms with van der Waals surface area (Å²) in [5, 5.41) is 0.